The van der Waals surface area contributed by atoms with Gasteiger partial charge in [-0.1, -0.05) is 60.7 Å². The van der Waals surface area contributed by atoms with Crippen LogP contribution in [0.15, 0.2) is 72.9 Å². The van der Waals surface area contributed by atoms with Crippen molar-refractivity contribution in [2.75, 3.05) is 13.3 Å². The smallest absolute Gasteiger partial charge is 0.412 e. The maximum absolute atomic E-state index is 12.7. The molecule has 8 heteroatoms. The standard InChI is InChI=1S/C23H23N3O5/c27-22(28)20(13-17-7-3-1-4-8-17)26-19(11-12-24-26)21-15-30-16-25(21)23(29)31-14-18-9-5-2-6-10-18/h1-12,20-21H,13-16H2,(H,27,28)/t20-,21-/m0/s1. The van der Waals surface area contributed by atoms with Crippen LogP contribution < -0.4 is 0 Å². The number of aliphatic carboxylic acids is 1. The number of carboxylic acid groups (broad SMARTS) is 1. The van der Waals surface area contributed by atoms with E-state index in [-0.39, 0.29) is 26.4 Å². The SMILES string of the molecule is O=C(O)[C@H](Cc1ccccc1)n1nccc1[C@@H]1COCN1C(=O)OCc1ccccc1. The molecule has 0 unspecified atom stereocenters. The van der Waals surface area contributed by atoms with Crippen molar-refractivity contribution < 1.29 is 24.2 Å². The summed E-state index contributed by atoms with van der Waals surface area (Å²) in [5.41, 5.74) is 2.36. The normalized spacial score (nSPS) is 16.8. The molecule has 1 aromatic heterocycles. The number of ether oxygens (including phenoxy) is 2. The van der Waals surface area contributed by atoms with Crippen LogP contribution >= 0.6 is 0 Å². The monoisotopic (exact) mass is 421 g/mol. The Morgan fingerprint density at radius 2 is 1.74 bits per heavy atom. The molecule has 1 aliphatic rings. The second-order valence-corrected chi connectivity index (χ2v) is 7.27. The van der Waals surface area contributed by atoms with Crippen molar-refractivity contribution >= 4 is 12.1 Å². The highest BCUT2D eigenvalue weighted by Crippen LogP contribution is 2.29. The molecule has 0 radical (unpaired) electrons. The van der Waals surface area contributed by atoms with Gasteiger partial charge in [-0.05, 0) is 17.2 Å². The van der Waals surface area contributed by atoms with E-state index in [9.17, 15) is 14.7 Å². The number of aromatic nitrogens is 2. The van der Waals surface area contributed by atoms with Crippen LogP contribution in [0.2, 0.25) is 0 Å². The van der Waals surface area contributed by atoms with Crippen molar-refractivity contribution in [3.8, 4) is 0 Å². The van der Waals surface area contributed by atoms with Gasteiger partial charge in [0, 0.05) is 12.6 Å². The Balaban J connectivity index is 1.51. The van der Waals surface area contributed by atoms with Crippen molar-refractivity contribution in [2.45, 2.75) is 25.1 Å². The zero-order chi connectivity index (χ0) is 21.6. The van der Waals surface area contributed by atoms with Crippen LogP contribution in [-0.4, -0.2) is 45.2 Å². The van der Waals surface area contributed by atoms with Crippen molar-refractivity contribution in [3.05, 3.63) is 89.7 Å². The van der Waals surface area contributed by atoms with Gasteiger partial charge in [-0.3, -0.25) is 9.58 Å². The van der Waals surface area contributed by atoms with Crippen LogP contribution in [-0.2, 0) is 27.3 Å². The number of carboxylic acids is 1. The van der Waals surface area contributed by atoms with E-state index in [0.29, 0.717) is 5.69 Å². The van der Waals surface area contributed by atoms with E-state index in [0.717, 1.165) is 11.1 Å². The minimum atomic E-state index is -0.995. The predicted molar refractivity (Wildman–Crippen MR) is 111 cm³/mol. The van der Waals surface area contributed by atoms with Gasteiger partial charge in [0.05, 0.1) is 12.3 Å². The molecule has 0 spiro atoms. The van der Waals surface area contributed by atoms with Crippen LogP contribution in [0, 0.1) is 0 Å². The Morgan fingerprint density at radius 1 is 1.06 bits per heavy atom. The second-order valence-electron chi connectivity index (χ2n) is 7.27. The fourth-order valence-electron chi connectivity index (χ4n) is 3.63. The number of carbonyl (C=O) groups excluding carboxylic acids is 1. The first kappa shape index (κ1) is 20.6. The number of nitrogens with zero attached hydrogens (tertiary/aromatic N) is 3. The molecule has 1 amide bonds. The zero-order valence-electron chi connectivity index (χ0n) is 16.8. The Labute approximate surface area is 179 Å². The first-order valence-electron chi connectivity index (χ1n) is 9.98. The van der Waals surface area contributed by atoms with Crippen molar-refractivity contribution in [2.24, 2.45) is 0 Å². The Bertz CT molecular complexity index is 1020. The summed E-state index contributed by atoms with van der Waals surface area (Å²) >= 11 is 0. The molecular weight excluding hydrogens is 398 g/mol. The summed E-state index contributed by atoms with van der Waals surface area (Å²) in [5.74, 6) is -0.995. The van der Waals surface area contributed by atoms with Gasteiger partial charge >= 0.3 is 12.1 Å². The van der Waals surface area contributed by atoms with Gasteiger partial charge in [0.25, 0.3) is 0 Å². The van der Waals surface area contributed by atoms with Crippen molar-refractivity contribution in [1.82, 2.24) is 14.7 Å². The fraction of sp³-hybridized carbons (Fsp3) is 0.261. The Morgan fingerprint density at radius 3 is 2.42 bits per heavy atom. The van der Waals surface area contributed by atoms with Gasteiger partial charge in [-0.15, -0.1) is 0 Å². The maximum atomic E-state index is 12.7. The number of hydrogen-bond acceptors (Lipinski definition) is 5. The minimum Gasteiger partial charge on any atom is -0.480 e. The van der Waals surface area contributed by atoms with Gasteiger partial charge in [0.2, 0.25) is 0 Å². The number of benzene rings is 2. The molecule has 2 atom stereocenters. The van der Waals surface area contributed by atoms with Crippen molar-refractivity contribution in [1.29, 1.82) is 0 Å². The molecule has 31 heavy (non-hydrogen) atoms. The first-order chi connectivity index (χ1) is 15.1. The van der Waals surface area contributed by atoms with Crippen LogP contribution in [0.4, 0.5) is 4.79 Å². The average Bonchev–Trinajstić information content (AvgIpc) is 3.46. The highest BCUT2D eigenvalue weighted by Gasteiger charge is 2.36. The van der Waals surface area contributed by atoms with Gasteiger partial charge < -0.3 is 14.6 Å². The molecule has 2 aromatic carbocycles. The zero-order valence-corrected chi connectivity index (χ0v) is 16.8. The number of amides is 1. The molecule has 160 valence electrons. The lowest BCUT2D eigenvalue weighted by Gasteiger charge is -2.24. The van der Waals surface area contributed by atoms with Crippen LogP contribution in [0.25, 0.3) is 0 Å². The summed E-state index contributed by atoms with van der Waals surface area (Å²) in [6.45, 7) is 0.456. The molecule has 3 aromatic rings. The van der Waals surface area contributed by atoms with E-state index in [4.69, 9.17) is 9.47 Å². The second kappa shape index (κ2) is 9.44. The molecule has 1 saturated heterocycles. The molecule has 8 nitrogen and oxygen atoms in total. The Kier molecular flexibility index (Phi) is 6.28. The molecule has 0 saturated carbocycles. The molecule has 1 N–H and O–H groups in total. The van der Waals surface area contributed by atoms with E-state index in [1.54, 1.807) is 12.3 Å². The lowest BCUT2D eigenvalue weighted by molar-refractivity contribution is -0.141. The average molecular weight is 421 g/mol. The van der Waals surface area contributed by atoms with Gasteiger partial charge in [0.1, 0.15) is 19.4 Å². The highest BCUT2D eigenvalue weighted by molar-refractivity contribution is 5.72. The quantitative estimate of drug-likeness (QED) is 0.628. The van der Waals surface area contributed by atoms with Crippen LogP contribution in [0.1, 0.15) is 28.9 Å². The van der Waals surface area contributed by atoms with Gasteiger partial charge in [-0.2, -0.15) is 5.10 Å². The van der Waals surface area contributed by atoms with E-state index in [2.05, 4.69) is 5.10 Å². The third kappa shape index (κ3) is 4.75. The van der Waals surface area contributed by atoms with Crippen molar-refractivity contribution in [3.63, 3.8) is 0 Å². The molecule has 0 bridgehead atoms. The van der Waals surface area contributed by atoms with Gasteiger partial charge in [0.15, 0.2) is 6.04 Å². The van der Waals surface area contributed by atoms with E-state index in [1.807, 2.05) is 60.7 Å². The first-order valence-corrected chi connectivity index (χ1v) is 9.98. The number of hydrogen-bond donors (Lipinski definition) is 1. The third-order valence-electron chi connectivity index (χ3n) is 5.22. The maximum Gasteiger partial charge on any atom is 0.412 e. The van der Waals surface area contributed by atoms with E-state index in [1.165, 1.54) is 9.58 Å². The summed E-state index contributed by atoms with van der Waals surface area (Å²) < 4.78 is 12.4. The molecule has 1 fully saturated rings. The number of rotatable bonds is 7. The lowest BCUT2D eigenvalue weighted by Crippen LogP contribution is -2.34. The molecule has 0 aliphatic carbocycles. The van der Waals surface area contributed by atoms with Crippen LogP contribution in [0.3, 0.4) is 0 Å². The summed E-state index contributed by atoms with van der Waals surface area (Å²) in [5, 5.41) is 14.1. The minimum absolute atomic E-state index is 0.0693. The Hall–Kier alpha value is -3.65. The molecule has 2 heterocycles. The molecular formula is C23H23N3O5. The van der Waals surface area contributed by atoms with E-state index < -0.39 is 24.1 Å². The van der Waals surface area contributed by atoms with Crippen LogP contribution in [0.5, 0.6) is 0 Å². The van der Waals surface area contributed by atoms with E-state index >= 15 is 0 Å². The third-order valence-corrected chi connectivity index (χ3v) is 5.22. The number of carbonyl (C=O) groups is 2. The summed E-state index contributed by atoms with van der Waals surface area (Å²) in [6, 6.07) is 19.1. The fourth-order valence-corrected chi connectivity index (χ4v) is 3.63. The highest BCUT2D eigenvalue weighted by atomic mass is 16.6. The van der Waals surface area contributed by atoms with Gasteiger partial charge in [-0.25, -0.2) is 9.59 Å². The largest absolute Gasteiger partial charge is 0.480 e. The summed E-state index contributed by atoms with van der Waals surface area (Å²) in [4.78, 5) is 26.2. The predicted octanol–water partition coefficient (Wildman–Crippen LogP) is 3.42. The lowest BCUT2D eigenvalue weighted by atomic mass is 10.1. The molecule has 4 rings (SSSR count). The topological polar surface area (TPSA) is 93.9 Å². The summed E-state index contributed by atoms with van der Waals surface area (Å²) in [7, 11) is 0. The summed E-state index contributed by atoms with van der Waals surface area (Å²) in [6.07, 6.45) is 1.30. The molecule has 1 aliphatic heterocycles.